The molecule has 0 aromatic heterocycles. The van der Waals surface area contributed by atoms with Crippen LogP contribution in [0.5, 0.6) is 5.75 Å². The molecule has 1 atom stereocenters. The molecule has 1 aliphatic rings. The van der Waals surface area contributed by atoms with Crippen molar-refractivity contribution in [2.45, 2.75) is 19.3 Å². The van der Waals surface area contributed by atoms with E-state index in [1.807, 2.05) is 13.1 Å². The zero-order valence-electron chi connectivity index (χ0n) is 11.4. The summed E-state index contributed by atoms with van der Waals surface area (Å²) < 4.78 is 40.5. The van der Waals surface area contributed by atoms with Crippen LogP contribution in [0.2, 0.25) is 0 Å². The fraction of sp³-hybridized carbons (Fsp3) is 0.571. The highest BCUT2D eigenvalue weighted by Crippen LogP contribution is 2.25. The molecule has 3 nitrogen and oxygen atoms in total. The number of hydrogen-bond acceptors (Lipinski definition) is 3. The van der Waals surface area contributed by atoms with Crippen molar-refractivity contribution in [3.63, 3.8) is 0 Å². The predicted octanol–water partition coefficient (Wildman–Crippen LogP) is 2.63. The van der Waals surface area contributed by atoms with Gasteiger partial charge in [0.2, 0.25) is 0 Å². The second-order valence-corrected chi connectivity index (χ2v) is 5.14. The van der Waals surface area contributed by atoms with Crippen LogP contribution in [-0.2, 0) is 6.54 Å². The lowest BCUT2D eigenvalue weighted by Gasteiger charge is -2.17. The van der Waals surface area contributed by atoms with Crippen molar-refractivity contribution in [2.24, 2.45) is 5.92 Å². The van der Waals surface area contributed by atoms with Gasteiger partial charge in [0.1, 0.15) is 5.75 Å². The van der Waals surface area contributed by atoms with Gasteiger partial charge in [-0.25, -0.2) is 0 Å². The zero-order chi connectivity index (χ0) is 14.6. The van der Waals surface area contributed by atoms with E-state index in [1.54, 1.807) is 6.07 Å². The van der Waals surface area contributed by atoms with E-state index in [9.17, 15) is 13.2 Å². The summed E-state index contributed by atoms with van der Waals surface area (Å²) in [7, 11) is 1.93. The smallest absolute Gasteiger partial charge is 0.406 e. The first kappa shape index (κ1) is 15.1. The number of ether oxygens (including phenoxy) is 1. The summed E-state index contributed by atoms with van der Waals surface area (Å²) in [5, 5.41) is 3.16. The Kier molecular flexibility index (Phi) is 4.88. The number of hydrogen-bond donors (Lipinski definition) is 1. The van der Waals surface area contributed by atoms with Crippen molar-refractivity contribution in [3.05, 3.63) is 29.8 Å². The highest BCUT2D eigenvalue weighted by molar-refractivity contribution is 5.28. The Morgan fingerprint density at radius 2 is 2.20 bits per heavy atom. The van der Waals surface area contributed by atoms with Crippen molar-refractivity contribution >= 4 is 0 Å². The molecule has 0 amide bonds. The van der Waals surface area contributed by atoms with Crippen molar-refractivity contribution < 1.29 is 17.9 Å². The second-order valence-electron chi connectivity index (χ2n) is 5.14. The van der Waals surface area contributed by atoms with E-state index in [1.165, 1.54) is 12.1 Å². The molecule has 1 aromatic carbocycles. The number of benzene rings is 1. The number of nitrogens with one attached hydrogen (secondary N) is 1. The molecule has 1 saturated heterocycles. The molecule has 6 heteroatoms. The lowest BCUT2D eigenvalue weighted by Crippen LogP contribution is -2.24. The summed E-state index contributed by atoms with van der Waals surface area (Å²) in [5.41, 5.74) is 0.844. The van der Waals surface area contributed by atoms with Crippen molar-refractivity contribution in [1.29, 1.82) is 0 Å². The molecule has 1 N–H and O–H groups in total. The quantitative estimate of drug-likeness (QED) is 0.901. The zero-order valence-corrected chi connectivity index (χ0v) is 11.4. The Morgan fingerprint density at radius 1 is 1.40 bits per heavy atom. The summed E-state index contributed by atoms with van der Waals surface area (Å²) in [6.07, 6.45) is -3.51. The summed E-state index contributed by atoms with van der Waals surface area (Å²) in [6.45, 7) is 3.60. The maximum atomic E-state index is 12.2. The Bertz CT molecular complexity index is 437. The van der Waals surface area contributed by atoms with Gasteiger partial charge < -0.3 is 10.1 Å². The molecule has 0 aliphatic carbocycles. The van der Waals surface area contributed by atoms with Gasteiger partial charge in [-0.3, -0.25) is 4.90 Å². The molecule has 1 heterocycles. The van der Waals surface area contributed by atoms with Crippen LogP contribution in [-0.4, -0.2) is 37.9 Å². The Labute approximate surface area is 116 Å². The first-order chi connectivity index (χ1) is 9.46. The van der Waals surface area contributed by atoms with E-state index in [0.29, 0.717) is 12.5 Å². The molecule has 20 heavy (non-hydrogen) atoms. The number of nitrogens with zero attached hydrogens (tertiary/aromatic N) is 1. The highest BCUT2D eigenvalue weighted by Gasteiger charge is 2.31. The molecule has 0 bridgehead atoms. The second kappa shape index (κ2) is 6.45. The third-order valence-corrected chi connectivity index (χ3v) is 3.40. The third kappa shape index (κ3) is 4.68. The molecule has 1 fully saturated rings. The molecule has 1 unspecified atom stereocenters. The molecule has 1 aliphatic heterocycles. The monoisotopic (exact) mass is 288 g/mol. The molecular weight excluding hydrogens is 269 g/mol. The Morgan fingerprint density at radius 3 is 2.90 bits per heavy atom. The standard InChI is InChI=1S/C14H19F3N2O/c1-18-8-12-5-6-19(10-12)9-11-3-2-4-13(7-11)20-14(15,16)17/h2-4,7,12,18H,5-6,8-10H2,1H3. The third-order valence-electron chi connectivity index (χ3n) is 3.40. The Hall–Kier alpha value is -1.27. The van der Waals surface area contributed by atoms with E-state index in [0.717, 1.165) is 31.6 Å². The highest BCUT2D eigenvalue weighted by atomic mass is 19.4. The minimum Gasteiger partial charge on any atom is -0.406 e. The minimum absolute atomic E-state index is 0.152. The van der Waals surface area contributed by atoms with Gasteiger partial charge in [-0.05, 0) is 50.2 Å². The van der Waals surface area contributed by atoms with Gasteiger partial charge in [0.25, 0.3) is 0 Å². The maximum Gasteiger partial charge on any atom is 0.573 e. The number of rotatable bonds is 5. The van der Waals surface area contributed by atoms with E-state index >= 15 is 0 Å². The number of likely N-dealkylation sites (tertiary alicyclic amines) is 1. The van der Waals surface area contributed by atoms with Gasteiger partial charge >= 0.3 is 6.36 Å². The molecule has 0 spiro atoms. The van der Waals surface area contributed by atoms with Gasteiger partial charge in [-0.2, -0.15) is 0 Å². The normalized spacial score (nSPS) is 20.3. The van der Waals surface area contributed by atoms with Crippen LogP contribution < -0.4 is 10.1 Å². The lowest BCUT2D eigenvalue weighted by molar-refractivity contribution is -0.274. The average Bonchev–Trinajstić information content (AvgIpc) is 2.75. The van der Waals surface area contributed by atoms with Crippen LogP contribution >= 0.6 is 0 Å². The summed E-state index contributed by atoms with van der Waals surface area (Å²) >= 11 is 0. The fourth-order valence-electron chi connectivity index (χ4n) is 2.61. The van der Waals surface area contributed by atoms with Crippen LogP contribution in [0.3, 0.4) is 0 Å². The van der Waals surface area contributed by atoms with Crippen LogP contribution in [0, 0.1) is 5.92 Å². The first-order valence-electron chi connectivity index (χ1n) is 6.68. The van der Waals surface area contributed by atoms with Crippen molar-refractivity contribution in [1.82, 2.24) is 10.2 Å². The van der Waals surface area contributed by atoms with Crippen LogP contribution in [0.15, 0.2) is 24.3 Å². The first-order valence-corrected chi connectivity index (χ1v) is 6.68. The van der Waals surface area contributed by atoms with Gasteiger partial charge in [0, 0.05) is 13.1 Å². The summed E-state index contributed by atoms with van der Waals surface area (Å²) in [6, 6.07) is 6.20. The van der Waals surface area contributed by atoms with Crippen molar-refractivity contribution in [3.8, 4) is 5.75 Å². The molecule has 1 aromatic rings. The minimum atomic E-state index is -4.63. The number of alkyl halides is 3. The molecule has 0 radical (unpaired) electrons. The SMILES string of the molecule is CNCC1CCN(Cc2cccc(OC(F)(F)F)c2)C1. The van der Waals surface area contributed by atoms with Crippen LogP contribution in [0.25, 0.3) is 0 Å². The van der Waals surface area contributed by atoms with Gasteiger partial charge in [-0.15, -0.1) is 13.2 Å². The van der Waals surface area contributed by atoms with E-state index in [2.05, 4.69) is 15.0 Å². The van der Waals surface area contributed by atoms with Gasteiger partial charge in [-0.1, -0.05) is 12.1 Å². The maximum absolute atomic E-state index is 12.2. The van der Waals surface area contributed by atoms with Gasteiger partial charge in [0.15, 0.2) is 0 Å². The van der Waals surface area contributed by atoms with Gasteiger partial charge in [0.05, 0.1) is 0 Å². The van der Waals surface area contributed by atoms with Crippen molar-refractivity contribution in [2.75, 3.05) is 26.7 Å². The van der Waals surface area contributed by atoms with Crippen LogP contribution in [0.4, 0.5) is 13.2 Å². The Balaban J connectivity index is 1.92. The van der Waals surface area contributed by atoms with E-state index in [-0.39, 0.29) is 5.75 Å². The topological polar surface area (TPSA) is 24.5 Å². The summed E-state index contributed by atoms with van der Waals surface area (Å²) in [5.74, 6) is 0.468. The predicted molar refractivity (Wildman–Crippen MR) is 70.4 cm³/mol. The molecular formula is C14H19F3N2O. The average molecular weight is 288 g/mol. The molecule has 112 valence electrons. The van der Waals surface area contributed by atoms with Crippen LogP contribution in [0.1, 0.15) is 12.0 Å². The molecule has 0 saturated carbocycles. The largest absolute Gasteiger partial charge is 0.573 e. The van der Waals surface area contributed by atoms with E-state index in [4.69, 9.17) is 0 Å². The number of halogens is 3. The summed E-state index contributed by atoms with van der Waals surface area (Å²) in [4.78, 5) is 2.26. The fourth-order valence-corrected chi connectivity index (χ4v) is 2.61. The molecule has 2 rings (SSSR count). The van der Waals surface area contributed by atoms with E-state index < -0.39 is 6.36 Å². The lowest BCUT2D eigenvalue weighted by atomic mass is 10.1.